The van der Waals surface area contributed by atoms with E-state index in [2.05, 4.69) is 0 Å². The molecule has 0 amide bonds. The van der Waals surface area contributed by atoms with Gasteiger partial charge >= 0.3 is 0 Å². The molecule has 0 atom stereocenters. The van der Waals surface area contributed by atoms with Crippen LogP contribution in [-0.2, 0) is 6.42 Å². The Morgan fingerprint density at radius 1 is 1.67 bits per heavy atom. The number of hydrogen-bond donors (Lipinski definition) is 2. The smallest absolute Gasteiger partial charge is 0.214 e. The molecule has 0 heterocycles. The highest BCUT2D eigenvalue weighted by Crippen LogP contribution is 2.15. The van der Waals surface area contributed by atoms with Crippen LogP contribution in [0.3, 0.4) is 0 Å². The molecule has 0 aromatic heterocycles. The van der Waals surface area contributed by atoms with Gasteiger partial charge in [0, 0.05) is 7.11 Å². The number of hydrogen-bond acceptors (Lipinski definition) is 2. The summed E-state index contributed by atoms with van der Waals surface area (Å²) in [5, 5.41) is 6.76. The van der Waals surface area contributed by atoms with Gasteiger partial charge in [0.25, 0.3) is 0 Å². The second-order valence-electron chi connectivity index (χ2n) is 2.59. The van der Waals surface area contributed by atoms with E-state index in [1.807, 2.05) is 6.92 Å². The number of benzene rings is 1. The van der Waals surface area contributed by atoms with Crippen molar-refractivity contribution in [3.05, 3.63) is 29.3 Å². The molecule has 0 radical (unpaired) electrons. The number of nitrogens with one attached hydrogen (secondary N) is 1. The summed E-state index contributed by atoms with van der Waals surface area (Å²) in [4.78, 5) is 0. The Kier molecular flexibility index (Phi) is 2.43. The monoisotopic (exact) mass is 168 g/mol. The molecule has 0 bridgehead atoms. The summed E-state index contributed by atoms with van der Waals surface area (Å²) in [6, 6.07) is 5.01. The van der Waals surface area contributed by atoms with Crippen LogP contribution < -0.4 is 5.73 Å². The summed E-state index contributed by atoms with van der Waals surface area (Å²) in [7, 11) is 0. The van der Waals surface area contributed by atoms with E-state index in [-0.39, 0.29) is 6.99 Å². The molecule has 1 aromatic carbocycles. The van der Waals surface area contributed by atoms with E-state index in [0.29, 0.717) is 5.69 Å². The van der Waals surface area contributed by atoms with Crippen molar-refractivity contribution < 1.29 is 5.82 Å². The molecule has 12 heavy (non-hydrogen) atoms. The van der Waals surface area contributed by atoms with Crippen LogP contribution in [0.5, 0.6) is 0 Å². The number of nitrogens with two attached hydrogens (primary N) is 1. The van der Waals surface area contributed by atoms with E-state index in [1.54, 1.807) is 12.1 Å². The van der Waals surface area contributed by atoms with Crippen LogP contribution in [0.2, 0.25) is 0 Å². The molecule has 0 saturated carbocycles. The quantitative estimate of drug-likeness (QED) is 0.517. The molecular formula is C9H13FN2. The van der Waals surface area contributed by atoms with Gasteiger partial charge in [-0.1, -0.05) is 13.0 Å². The lowest BCUT2D eigenvalue weighted by atomic mass is 10.1. The number of rotatable bonds is 2. The second kappa shape index (κ2) is 3.34. The summed E-state index contributed by atoms with van der Waals surface area (Å²) >= 11 is 0. The fourth-order valence-corrected chi connectivity index (χ4v) is 1.03. The van der Waals surface area contributed by atoms with Gasteiger partial charge in [0.1, 0.15) is 0 Å². The average molecular weight is 168 g/mol. The third-order valence-corrected chi connectivity index (χ3v) is 1.76. The highest BCUT2D eigenvalue weighted by molar-refractivity contribution is 5.96. The maximum atomic E-state index is 12.4. The fourth-order valence-electron chi connectivity index (χ4n) is 1.03. The number of nitrogen functional groups attached to an aromatic ring is 1. The van der Waals surface area contributed by atoms with Crippen LogP contribution in [0.1, 0.15) is 19.5 Å². The van der Waals surface area contributed by atoms with Crippen molar-refractivity contribution in [3.8, 4) is 0 Å². The van der Waals surface area contributed by atoms with Crippen LogP contribution >= 0.6 is 0 Å². The van der Waals surface area contributed by atoms with Crippen molar-refractivity contribution in [2.24, 2.45) is 0 Å². The Morgan fingerprint density at radius 3 is 2.75 bits per heavy atom. The minimum Gasteiger partial charge on any atom is -0.398 e. The van der Waals surface area contributed by atoms with Crippen molar-refractivity contribution in [2.75, 3.05) is 5.73 Å². The molecule has 3 heteroatoms. The first-order valence-electron chi connectivity index (χ1n) is 3.78. The maximum absolute atomic E-state index is 12.4. The first kappa shape index (κ1) is 8.71. The third-order valence-electron chi connectivity index (χ3n) is 1.76. The highest BCUT2D eigenvalue weighted by atomic mass is 19.1. The first-order valence-corrected chi connectivity index (χ1v) is 3.78. The molecule has 1 aromatic rings. The van der Waals surface area contributed by atoms with E-state index in [0.717, 1.165) is 12.0 Å². The van der Waals surface area contributed by atoms with Gasteiger partial charge in [-0.25, -0.2) is 0 Å². The Morgan fingerprint density at radius 2 is 2.33 bits per heavy atom. The van der Waals surface area contributed by atoms with Crippen molar-refractivity contribution in [1.29, 1.82) is 5.41 Å². The molecule has 2 nitrogen and oxygen atoms in total. The zero-order valence-electron chi connectivity index (χ0n) is 6.89. The first-order chi connectivity index (χ1) is 5.65. The Bertz CT molecular complexity index is 312. The van der Waals surface area contributed by atoms with E-state index in [9.17, 15) is 4.39 Å². The van der Waals surface area contributed by atoms with Crippen LogP contribution in [-0.4, -0.2) is 5.97 Å². The van der Waals surface area contributed by atoms with Crippen LogP contribution in [0, 0.1) is 5.41 Å². The molecule has 0 aliphatic rings. The van der Waals surface area contributed by atoms with Gasteiger partial charge in [-0.05, 0) is 24.1 Å². The van der Waals surface area contributed by atoms with Crippen molar-refractivity contribution >= 4 is 11.7 Å². The summed E-state index contributed by atoms with van der Waals surface area (Å²) in [5.41, 5.74) is 7.08. The molecule has 0 aliphatic carbocycles. The fraction of sp³-hybridized carbons (Fsp3) is 0.222. The van der Waals surface area contributed by atoms with Crippen LogP contribution in [0.4, 0.5) is 10.1 Å². The zero-order chi connectivity index (χ0) is 9.14. The summed E-state index contributed by atoms with van der Waals surface area (Å²) in [5.74, 6) is -0.977. The van der Waals surface area contributed by atoms with Gasteiger partial charge in [-0.3, -0.25) is 5.41 Å². The molecular weight excluding hydrogens is 155 g/mol. The standard InChI is InChI=1S/C9H11FN2.H2/c1-2-6-3-4-7(9(10)12)8(11)5-6;/h3-5,12H,2,11H2,1H3;1H. The maximum Gasteiger partial charge on any atom is 0.214 e. The molecule has 66 valence electrons. The van der Waals surface area contributed by atoms with Gasteiger partial charge in [-0.15, -0.1) is 0 Å². The van der Waals surface area contributed by atoms with Gasteiger partial charge in [0.2, 0.25) is 5.97 Å². The van der Waals surface area contributed by atoms with E-state index in [4.69, 9.17) is 11.1 Å². The molecule has 1 rings (SSSR count). The largest absolute Gasteiger partial charge is 0.398 e. The van der Waals surface area contributed by atoms with Crippen LogP contribution in [0.25, 0.3) is 0 Å². The summed E-state index contributed by atoms with van der Waals surface area (Å²) in [6.45, 7) is 2.00. The third kappa shape index (κ3) is 1.61. The van der Waals surface area contributed by atoms with E-state index >= 15 is 0 Å². The average Bonchev–Trinajstić information content (AvgIpc) is 2.03. The molecule has 0 aliphatic heterocycles. The second-order valence-corrected chi connectivity index (χ2v) is 2.59. The van der Waals surface area contributed by atoms with E-state index < -0.39 is 5.97 Å². The zero-order valence-corrected chi connectivity index (χ0v) is 6.89. The van der Waals surface area contributed by atoms with Crippen LogP contribution in [0.15, 0.2) is 18.2 Å². The van der Waals surface area contributed by atoms with Crippen molar-refractivity contribution in [2.45, 2.75) is 13.3 Å². The number of aryl methyl sites for hydroxylation is 1. The summed E-state index contributed by atoms with van der Waals surface area (Å²) < 4.78 is 12.4. The predicted molar refractivity (Wildman–Crippen MR) is 50.3 cm³/mol. The summed E-state index contributed by atoms with van der Waals surface area (Å²) in [6.07, 6.45) is 0.865. The predicted octanol–water partition coefficient (Wildman–Crippen LogP) is 2.37. The number of halogens is 1. The molecule has 0 fully saturated rings. The van der Waals surface area contributed by atoms with Crippen molar-refractivity contribution in [3.63, 3.8) is 0 Å². The van der Waals surface area contributed by atoms with Gasteiger partial charge in [-0.2, -0.15) is 4.39 Å². The SMILES string of the molecule is CCc1ccc(C(=N)F)c(N)c1.[HH]. The molecule has 0 unspecified atom stereocenters. The topological polar surface area (TPSA) is 49.9 Å². The molecule has 3 N–H and O–H groups in total. The van der Waals surface area contributed by atoms with Gasteiger partial charge < -0.3 is 5.73 Å². The minimum absolute atomic E-state index is 0. The number of anilines is 1. The van der Waals surface area contributed by atoms with Gasteiger partial charge in [0.15, 0.2) is 0 Å². The minimum atomic E-state index is -0.977. The lowest BCUT2D eigenvalue weighted by molar-refractivity contribution is 0.798. The molecule has 0 saturated heterocycles. The Balaban J connectivity index is 0.00000144. The van der Waals surface area contributed by atoms with Gasteiger partial charge in [0.05, 0.1) is 5.56 Å². The normalized spacial score (nSPS) is 9.83. The Labute approximate surface area is 72.2 Å². The Hall–Kier alpha value is -1.38. The molecule has 0 spiro atoms. The van der Waals surface area contributed by atoms with Crippen molar-refractivity contribution in [1.82, 2.24) is 0 Å². The van der Waals surface area contributed by atoms with E-state index in [1.165, 1.54) is 6.07 Å². The lowest BCUT2D eigenvalue weighted by Gasteiger charge is -2.02. The highest BCUT2D eigenvalue weighted by Gasteiger charge is 2.04. The lowest BCUT2D eigenvalue weighted by Crippen LogP contribution is -1.99.